The summed E-state index contributed by atoms with van der Waals surface area (Å²) in [6.07, 6.45) is 1.19. The molecule has 1 heterocycles. The van der Waals surface area contributed by atoms with Gasteiger partial charge in [0.25, 0.3) is 0 Å². The average Bonchev–Trinajstić information content (AvgIpc) is 3.26. The molecule has 0 aliphatic rings. The maximum atomic E-state index is 13.2. The topological polar surface area (TPSA) is 230 Å². The number of amides is 4. The third-order valence-electron chi connectivity index (χ3n) is 5.86. The number of hydrogen-bond donors (Lipinski definition) is 8. The van der Waals surface area contributed by atoms with Crippen LogP contribution in [0.4, 0.5) is 0 Å². The molecule has 4 unspecified atom stereocenters. The van der Waals surface area contributed by atoms with Gasteiger partial charge in [-0.1, -0.05) is 32.0 Å². The molecule has 0 saturated heterocycles. The molecule has 1 aromatic carbocycles. The molecule has 13 nitrogen and oxygen atoms in total. The Balaban J connectivity index is 2.21. The molecule has 0 aliphatic carbocycles. The Morgan fingerprint density at radius 2 is 1.54 bits per heavy atom. The lowest BCUT2D eigenvalue weighted by molar-refractivity contribution is -0.143. The van der Waals surface area contributed by atoms with Crippen molar-refractivity contribution in [1.82, 2.24) is 20.9 Å². The maximum absolute atomic E-state index is 13.2. The molecule has 0 aliphatic heterocycles. The number of primary amides is 1. The van der Waals surface area contributed by atoms with Crippen LogP contribution in [-0.4, -0.2) is 75.6 Å². The Kier molecular flexibility index (Phi) is 10.6. The van der Waals surface area contributed by atoms with Gasteiger partial charge in [-0.05, 0) is 24.0 Å². The number of carbonyl (C=O) groups is 5. The van der Waals surface area contributed by atoms with Crippen LogP contribution in [-0.2, 0) is 30.4 Å². The van der Waals surface area contributed by atoms with Gasteiger partial charge in [0.15, 0.2) is 0 Å². The number of nitrogens with one attached hydrogen (secondary N) is 4. The number of aliphatic hydroxyl groups excluding tert-OH is 1. The number of carboxylic acid groups (broad SMARTS) is 1. The monoisotopic (exact) mass is 518 g/mol. The number of H-pyrrole nitrogens is 1. The van der Waals surface area contributed by atoms with E-state index in [0.29, 0.717) is 0 Å². The summed E-state index contributed by atoms with van der Waals surface area (Å²) in [6, 6.07) is 2.32. The van der Waals surface area contributed by atoms with Crippen molar-refractivity contribution in [2.75, 3.05) is 6.61 Å². The fourth-order valence-electron chi connectivity index (χ4n) is 3.58. The highest BCUT2D eigenvalue weighted by atomic mass is 16.4. The summed E-state index contributed by atoms with van der Waals surface area (Å²) in [5.41, 5.74) is 12.5. The Morgan fingerprint density at radius 1 is 0.946 bits per heavy atom. The predicted molar refractivity (Wildman–Crippen MR) is 134 cm³/mol. The Bertz CT molecular complexity index is 1130. The van der Waals surface area contributed by atoms with Crippen molar-refractivity contribution < 1.29 is 34.2 Å². The van der Waals surface area contributed by atoms with Crippen LogP contribution in [0.2, 0.25) is 0 Å². The zero-order chi connectivity index (χ0) is 27.7. The molecule has 4 atom stereocenters. The van der Waals surface area contributed by atoms with E-state index in [9.17, 15) is 34.2 Å². The second kappa shape index (κ2) is 13.4. The van der Waals surface area contributed by atoms with Gasteiger partial charge < -0.3 is 42.6 Å². The van der Waals surface area contributed by atoms with Gasteiger partial charge in [0.2, 0.25) is 23.6 Å². The molecule has 10 N–H and O–H groups in total. The number of carbonyl (C=O) groups excluding carboxylic acids is 4. The minimum Gasteiger partial charge on any atom is -0.480 e. The molecule has 0 radical (unpaired) electrons. The molecule has 0 saturated carbocycles. The number of benzene rings is 1. The number of aromatic amines is 1. The largest absolute Gasteiger partial charge is 0.480 e. The summed E-state index contributed by atoms with van der Waals surface area (Å²) in [5.74, 6) is -4.71. The van der Waals surface area contributed by atoms with Crippen LogP contribution in [0.5, 0.6) is 0 Å². The zero-order valence-electron chi connectivity index (χ0n) is 20.7. The summed E-state index contributed by atoms with van der Waals surface area (Å²) >= 11 is 0. The van der Waals surface area contributed by atoms with Gasteiger partial charge in [-0.2, -0.15) is 0 Å². The van der Waals surface area contributed by atoms with Crippen LogP contribution in [0.15, 0.2) is 30.5 Å². The van der Waals surface area contributed by atoms with Gasteiger partial charge in [-0.15, -0.1) is 0 Å². The van der Waals surface area contributed by atoms with E-state index in [4.69, 9.17) is 11.5 Å². The lowest BCUT2D eigenvalue weighted by atomic mass is 10.0. The normalized spacial score (nSPS) is 14.4. The lowest BCUT2D eigenvalue weighted by Crippen LogP contribution is -2.59. The first-order valence-electron chi connectivity index (χ1n) is 11.8. The van der Waals surface area contributed by atoms with Crippen molar-refractivity contribution in [2.45, 2.75) is 57.3 Å². The third-order valence-corrected chi connectivity index (χ3v) is 5.86. The minimum atomic E-state index is -1.52. The van der Waals surface area contributed by atoms with E-state index in [0.717, 1.165) is 16.5 Å². The fourth-order valence-corrected chi connectivity index (χ4v) is 3.58. The van der Waals surface area contributed by atoms with E-state index in [-0.39, 0.29) is 25.2 Å². The van der Waals surface area contributed by atoms with E-state index >= 15 is 0 Å². The molecular formula is C24H34N6O7. The number of aliphatic hydroxyl groups is 1. The predicted octanol–water partition coefficient (Wildman–Crippen LogP) is -1.51. The van der Waals surface area contributed by atoms with E-state index < -0.39 is 60.4 Å². The van der Waals surface area contributed by atoms with Crippen LogP contribution < -0.4 is 27.4 Å². The highest BCUT2D eigenvalue weighted by Crippen LogP contribution is 2.19. The average molecular weight is 519 g/mol. The van der Waals surface area contributed by atoms with Gasteiger partial charge in [0, 0.05) is 29.9 Å². The molecule has 0 bridgehead atoms. The van der Waals surface area contributed by atoms with Gasteiger partial charge in [-0.3, -0.25) is 19.2 Å². The standard InChI is InChI=1S/C24H34N6O7/c1-12(2)20(26)23(35)29-17(9-13-10-27-15-6-4-3-5-14(13)15)21(33)30-18(11-31)22(34)28-16(24(36)37)7-8-19(25)32/h3-6,10,12,16-18,20,27,31H,7-9,11,26H2,1-2H3,(H2,25,32)(H,28,34)(H,29,35)(H,30,33)(H,36,37). The summed E-state index contributed by atoms with van der Waals surface area (Å²) in [4.78, 5) is 64.0. The number of aliphatic carboxylic acids is 1. The molecule has 0 spiro atoms. The molecule has 37 heavy (non-hydrogen) atoms. The molecule has 2 aromatic rings. The van der Waals surface area contributed by atoms with Crippen molar-refractivity contribution in [2.24, 2.45) is 17.4 Å². The van der Waals surface area contributed by atoms with Crippen molar-refractivity contribution in [3.8, 4) is 0 Å². The maximum Gasteiger partial charge on any atom is 0.326 e. The summed E-state index contributed by atoms with van der Waals surface area (Å²) in [5, 5.41) is 27.0. The summed E-state index contributed by atoms with van der Waals surface area (Å²) in [6.45, 7) is 2.66. The first kappa shape index (κ1) is 29.3. The highest BCUT2D eigenvalue weighted by molar-refractivity contribution is 5.95. The Labute approximate surface area is 213 Å². The van der Waals surface area contributed by atoms with Crippen molar-refractivity contribution in [1.29, 1.82) is 0 Å². The highest BCUT2D eigenvalue weighted by Gasteiger charge is 2.31. The number of rotatable bonds is 14. The fraction of sp³-hybridized carbons (Fsp3) is 0.458. The number of aromatic nitrogens is 1. The smallest absolute Gasteiger partial charge is 0.326 e. The Hall–Kier alpha value is -3.97. The third kappa shape index (κ3) is 8.29. The first-order valence-corrected chi connectivity index (χ1v) is 11.8. The van der Waals surface area contributed by atoms with Crippen LogP contribution in [0.25, 0.3) is 10.9 Å². The van der Waals surface area contributed by atoms with Crippen molar-refractivity contribution in [3.05, 3.63) is 36.0 Å². The Morgan fingerprint density at radius 3 is 2.14 bits per heavy atom. The minimum absolute atomic E-state index is 0.0442. The van der Waals surface area contributed by atoms with E-state index in [1.807, 2.05) is 24.3 Å². The molecule has 4 amide bonds. The second-order valence-corrected chi connectivity index (χ2v) is 9.04. The van der Waals surface area contributed by atoms with Crippen LogP contribution in [0.1, 0.15) is 32.3 Å². The van der Waals surface area contributed by atoms with Crippen LogP contribution >= 0.6 is 0 Å². The van der Waals surface area contributed by atoms with Gasteiger partial charge in [0.05, 0.1) is 12.6 Å². The quantitative estimate of drug-likeness (QED) is 0.146. The number of nitrogens with two attached hydrogens (primary N) is 2. The number of carboxylic acids is 1. The molecule has 1 aromatic heterocycles. The lowest BCUT2D eigenvalue weighted by Gasteiger charge is -2.25. The zero-order valence-corrected chi connectivity index (χ0v) is 20.7. The van der Waals surface area contributed by atoms with E-state index in [1.54, 1.807) is 20.0 Å². The summed E-state index contributed by atoms with van der Waals surface area (Å²) in [7, 11) is 0. The molecule has 0 fully saturated rings. The van der Waals surface area contributed by atoms with Crippen molar-refractivity contribution in [3.63, 3.8) is 0 Å². The summed E-state index contributed by atoms with van der Waals surface area (Å²) < 4.78 is 0. The second-order valence-electron chi connectivity index (χ2n) is 9.04. The number of fused-ring (bicyclic) bond motifs is 1. The molecule has 202 valence electrons. The van der Waals surface area contributed by atoms with Crippen molar-refractivity contribution >= 4 is 40.5 Å². The molecule has 13 heteroatoms. The molecular weight excluding hydrogens is 484 g/mol. The number of para-hydroxylation sites is 1. The molecule has 2 rings (SSSR count). The van der Waals surface area contributed by atoms with Crippen LogP contribution in [0, 0.1) is 5.92 Å². The first-order chi connectivity index (χ1) is 17.4. The van der Waals surface area contributed by atoms with Crippen LogP contribution in [0.3, 0.4) is 0 Å². The SMILES string of the molecule is CC(C)C(N)C(=O)NC(Cc1c[nH]c2ccccc12)C(=O)NC(CO)C(=O)NC(CCC(N)=O)C(=O)O. The van der Waals surface area contributed by atoms with E-state index in [1.165, 1.54) is 0 Å². The number of hydrogen-bond acceptors (Lipinski definition) is 7. The van der Waals surface area contributed by atoms with Gasteiger partial charge >= 0.3 is 5.97 Å². The van der Waals surface area contributed by atoms with Gasteiger partial charge in [0.1, 0.15) is 18.1 Å². The van der Waals surface area contributed by atoms with Gasteiger partial charge in [-0.25, -0.2) is 4.79 Å². The van der Waals surface area contributed by atoms with E-state index in [2.05, 4.69) is 20.9 Å².